The Labute approximate surface area is 112 Å². The molecule has 7 heteroatoms. The van der Waals surface area contributed by atoms with Crippen LogP contribution in [0.2, 0.25) is 0 Å². The fourth-order valence-electron chi connectivity index (χ4n) is 1.61. The van der Waals surface area contributed by atoms with Gasteiger partial charge in [0.15, 0.2) is 9.84 Å². The molecule has 0 amide bonds. The standard InChI is InChI=1S/C11H17BO4S2/c1-10(2)11(3,4)16-12(15-10)9-6-8(7-17-9)18(5,13)14/h6-7H,1-5H3. The second-order valence-electron chi connectivity index (χ2n) is 5.55. The van der Waals surface area contributed by atoms with E-state index in [-0.39, 0.29) is 0 Å². The summed E-state index contributed by atoms with van der Waals surface area (Å²) in [6.45, 7) is 7.88. The van der Waals surface area contributed by atoms with Crippen LogP contribution in [0.4, 0.5) is 0 Å². The van der Waals surface area contributed by atoms with Crippen LogP contribution in [0.3, 0.4) is 0 Å². The summed E-state index contributed by atoms with van der Waals surface area (Å²) in [5.74, 6) is 0. The molecule has 0 saturated carbocycles. The van der Waals surface area contributed by atoms with Gasteiger partial charge < -0.3 is 9.31 Å². The monoisotopic (exact) mass is 288 g/mol. The second kappa shape index (κ2) is 4.06. The first-order chi connectivity index (χ1) is 8.03. The summed E-state index contributed by atoms with van der Waals surface area (Å²) in [4.78, 5) is 0.317. The second-order valence-corrected chi connectivity index (χ2v) is 8.50. The Morgan fingerprint density at radius 2 is 1.67 bits per heavy atom. The van der Waals surface area contributed by atoms with E-state index in [0.29, 0.717) is 4.90 Å². The fraction of sp³-hybridized carbons (Fsp3) is 0.636. The van der Waals surface area contributed by atoms with Crippen molar-refractivity contribution in [1.82, 2.24) is 0 Å². The molecule has 2 heterocycles. The maximum Gasteiger partial charge on any atom is 0.505 e. The van der Waals surface area contributed by atoms with Crippen LogP contribution < -0.4 is 4.78 Å². The lowest BCUT2D eigenvalue weighted by molar-refractivity contribution is 0.00578. The van der Waals surface area contributed by atoms with Crippen LogP contribution in [0.25, 0.3) is 0 Å². The molecule has 1 aliphatic rings. The Morgan fingerprint density at radius 3 is 2.06 bits per heavy atom. The molecule has 0 unspecified atom stereocenters. The number of thiophene rings is 1. The highest BCUT2D eigenvalue weighted by Crippen LogP contribution is 2.37. The van der Waals surface area contributed by atoms with Crippen molar-refractivity contribution >= 4 is 33.1 Å². The lowest BCUT2D eigenvalue weighted by Crippen LogP contribution is -2.41. The minimum atomic E-state index is -3.17. The average molecular weight is 288 g/mol. The molecule has 1 aliphatic heterocycles. The van der Waals surface area contributed by atoms with Crippen molar-refractivity contribution in [3.63, 3.8) is 0 Å². The highest BCUT2D eigenvalue weighted by molar-refractivity contribution is 7.90. The van der Waals surface area contributed by atoms with E-state index < -0.39 is 28.2 Å². The Hall–Kier alpha value is -0.365. The van der Waals surface area contributed by atoms with Gasteiger partial charge >= 0.3 is 7.12 Å². The molecular formula is C11H17BO4S2. The third kappa shape index (κ3) is 2.36. The van der Waals surface area contributed by atoms with Gasteiger partial charge in [0, 0.05) is 16.4 Å². The van der Waals surface area contributed by atoms with E-state index in [4.69, 9.17) is 9.31 Å². The highest BCUT2D eigenvalue weighted by atomic mass is 32.2. The number of hydrogen-bond donors (Lipinski definition) is 0. The Balaban J connectivity index is 2.28. The molecule has 1 aromatic heterocycles. The molecule has 0 spiro atoms. The first-order valence-electron chi connectivity index (χ1n) is 5.67. The first-order valence-corrected chi connectivity index (χ1v) is 8.44. The molecule has 1 fully saturated rings. The Kier molecular flexibility index (Phi) is 3.17. The molecule has 0 bridgehead atoms. The predicted molar refractivity (Wildman–Crippen MR) is 73.1 cm³/mol. The molecule has 1 aromatic rings. The van der Waals surface area contributed by atoms with Crippen molar-refractivity contribution in [3.8, 4) is 0 Å². The van der Waals surface area contributed by atoms with Gasteiger partial charge in [-0.05, 0) is 33.8 Å². The van der Waals surface area contributed by atoms with Gasteiger partial charge in [0.1, 0.15) is 0 Å². The minimum Gasteiger partial charge on any atom is -0.399 e. The summed E-state index contributed by atoms with van der Waals surface area (Å²) >= 11 is 1.35. The van der Waals surface area contributed by atoms with Gasteiger partial charge in [0.2, 0.25) is 0 Å². The Bertz CT molecular complexity index is 543. The molecular weight excluding hydrogens is 271 g/mol. The van der Waals surface area contributed by atoms with E-state index >= 15 is 0 Å². The van der Waals surface area contributed by atoms with Crippen molar-refractivity contribution in [2.45, 2.75) is 43.8 Å². The van der Waals surface area contributed by atoms with E-state index in [0.717, 1.165) is 4.78 Å². The summed E-state index contributed by atoms with van der Waals surface area (Å²) in [5.41, 5.74) is -0.820. The number of rotatable bonds is 2. The maximum atomic E-state index is 11.4. The van der Waals surface area contributed by atoms with Crippen LogP contribution in [0.15, 0.2) is 16.3 Å². The zero-order valence-electron chi connectivity index (χ0n) is 11.2. The summed E-state index contributed by atoms with van der Waals surface area (Å²) in [6.07, 6.45) is 1.20. The van der Waals surface area contributed by atoms with Gasteiger partial charge in [-0.15, -0.1) is 0 Å². The lowest BCUT2D eigenvalue weighted by Gasteiger charge is -2.32. The number of hydrogen-bond acceptors (Lipinski definition) is 5. The zero-order valence-corrected chi connectivity index (χ0v) is 12.8. The van der Waals surface area contributed by atoms with Gasteiger partial charge in [-0.1, -0.05) is 0 Å². The topological polar surface area (TPSA) is 52.6 Å². The molecule has 18 heavy (non-hydrogen) atoms. The SMILES string of the molecule is CC1(C)OB(c2cc(S(C)(=O)=O)cs2)OC1(C)C. The molecule has 1 saturated heterocycles. The summed E-state index contributed by atoms with van der Waals surface area (Å²) in [7, 11) is -3.66. The van der Waals surface area contributed by atoms with Gasteiger partial charge in [0.25, 0.3) is 0 Å². The predicted octanol–water partition coefficient (Wildman–Crippen LogP) is 1.45. The van der Waals surface area contributed by atoms with Gasteiger partial charge in [-0.3, -0.25) is 0 Å². The maximum absolute atomic E-state index is 11.4. The van der Waals surface area contributed by atoms with Crippen molar-refractivity contribution in [3.05, 3.63) is 11.4 Å². The van der Waals surface area contributed by atoms with Crippen LogP contribution in [0.1, 0.15) is 27.7 Å². The molecule has 2 rings (SSSR count). The van der Waals surface area contributed by atoms with Gasteiger partial charge in [-0.2, -0.15) is 11.3 Å². The molecule has 0 radical (unpaired) electrons. The Morgan fingerprint density at radius 1 is 1.17 bits per heavy atom. The van der Waals surface area contributed by atoms with E-state index in [1.807, 2.05) is 27.7 Å². The minimum absolute atomic E-state index is 0.317. The quantitative estimate of drug-likeness (QED) is 0.773. The fourth-order valence-corrected chi connectivity index (χ4v) is 3.59. The lowest BCUT2D eigenvalue weighted by atomic mass is 9.88. The first kappa shape index (κ1) is 14.1. The summed E-state index contributed by atoms with van der Waals surface area (Å²) in [6, 6.07) is 1.63. The van der Waals surface area contributed by atoms with E-state index in [9.17, 15) is 8.42 Å². The molecule has 4 nitrogen and oxygen atoms in total. The van der Waals surface area contributed by atoms with Gasteiger partial charge in [-0.25, -0.2) is 8.42 Å². The summed E-state index contributed by atoms with van der Waals surface area (Å²) in [5, 5.41) is 1.62. The normalized spacial score (nSPS) is 22.4. The highest BCUT2D eigenvalue weighted by Gasteiger charge is 2.52. The van der Waals surface area contributed by atoms with Gasteiger partial charge in [0.05, 0.1) is 16.1 Å². The van der Waals surface area contributed by atoms with Crippen molar-refractivity contribution in [2.24, 2.45) is 0 Å². The average Bonchev–Trinajstić information content (AvgIpc) is 2.69. The third-order valence-corrected chi connectivity index (χ3v) is 5.70. The van der Waals surface area contributed by atoms with Crippen LogP contribution >= 0.6 is 11.3 Å². The smallest absolute Gasteiger partial charge is 0.399 e. The van der Waals surface area contributed by atoms with Crippen LogP contribution in [-0.2, 0) is 19.1 Å². The van der Waals surface area contributed by atoms with E-state index in [2.05, 4.69) is 0 Å². The third-order valence-electron chi connectivity index (χ3n) is 3.51. The number of sulfone groups is 1. The van der Waals surface area contributed by atoms with Crippen molar-refractivity contribution in [1.29, 1.82) is 0 Å². The molecule has 0 aromatic carbocycles. The van der Waals surface area contributed by atoms with Crippen LogP contribution in [0.5, 0.6) is 0 Å². The van der Waals surface area contributed by atoms with Crippen molar-refractivity contribution in [2.75, 3.05) is 6.26 Å². The van der Waals surface area contributed by atoms with Crippen LogP contribution in [0, 0.1) is 0 Å². The molecule has 100 valence electrons. The van der Waals surface area contributed by atoms with E-state index in [1.165, 1.54) is 17.6 Å². The molecule has 0 N–H and O–H groups in total. The molecule has 0 aliphatic carbocycles. The summed E-state index contributed by atoms with van der Waals surface area (Å²) < 4.78 is 35.4. The van der Waals surface area contributed by atoms with E-state index in [1.54, 1.807) is 11.4 Å². The molecule has 0 atom stereocenters. The van der Waals surface area contributed by atoms with Crippen molar-refractivity contribution < 1.29 is 17.7 Å². The van der Waals surface area contributed by atoms with Crippen LogP contribution in [-0.4, -0.2) is 33.0 Å². The zero-order chi connectivity index (χ0) is 13.8. The largest absolute Gasteiger partial charge is 0.505 e.